The third kappa shape index (κ3) is 2.62. The SMILES string of the molecule is Nc1cc(-c2ccccc2)ccc1C1CNCCO1. The van der Waals surface area contributed by atoms with E-state index in [4.69, 9.17) is 10.5 Å². The maximum Gasteiger partial charge on any atom is 0.0969 e. The van der Waals surface area contributed by atoms with Gasteiger partial charge < -0.3 is 15.8 Å². The Morgan fingerprint density at radius 2 is 1.89 bits per heavy atom. The van der Waals surface area contributed by atoms with Crippen molar-refractivity contribution < 1.29 is 4.74 Å². The van der Waals surface area contributed by atoms with Crippen LogP contribution in [0.2, 0.25) is 0 Å². The van der Waals surface area contributed by atoms with Crippen molar-refractivity contribution in [3.05, 3.63) is 54.1 Å². The van der Waals surface area contributed by atoms with Crippen LogP contribution in [0.1, 0.15) is 11.7 Å². The number of rotatable bonds is 2. The van der Waals surface area contributed by atoms with E-state index in [1.807, 2.05) is 24.3 Å². The Bertz CT molecular complexity index is 548. The molecule has 1 heterocycles. The van der Waals surface area contributed by atoms with Crippen molar-refractivity contribution >= 4 is 5.69 Å². The normalized spacial score (nSPS) is 19.3. The van der Waals surface area contributed by atoms with Gasteiger partial charge in [-0.3, -0.25) is 0 Å². The van der Waals surface area contributed by atoms with Gasteiger partial charge in [-0.15, -0.1) is 0 Å². The van der Waals surface area contributed by atoms with Gasteiger partial charge in [0.2, 0.25) is 0 Å². The monoisotopic (exact) mass is 254 g/mol. The molecule has 1 aliphatic heterocycles. The van der Waals surface area contributed by atoms with E-state index in [0.717, 1.165) is 36.5 Å². The Balaban J connectivity index is 1.89. The quantitative estimate of drug-likeness (QED) is 0.810. The number of nitrogens with one attached hydrogen (secondary N) is 1. The predicted molar refractivity (Wildman–Crippen MR) is 77.9 cm³/mol. The van der Waals surface area contributed by atoms with Gasteiger partial charge in [-0.2, -0.15) is 0 Å². The van der Waals surface area contributed by atoms with E-state index in [1.54, 1.807) is 0 Å². The molecule has 3 nitrogen and oxygen atoms in total. The molecule has 1 atom stereocenters. The highest BCUT2D eigenvalue weighted by atomic mass is 16.5. The molecule has 3 heteroatoms. The fourth-order valence-electron chi connectivity index (χ4n) is 2.44. The Morgan fingerprint density at radius 3 is 2.58 bits per heavy atom. The molecule has 19 heavy (non-hydrogen) atoms. The number of benzene rings is 2. The number of anilines is 1. The van der Waals surface area contributed by atoms with Gasteiger partial charge in [0.15, 0.2) is 0 Å². The number of hydrogen-bond donors (Lipinski definition) is 2. The van der Waals surface area contributed by atoms with Crippen LogP contribution < -0.4 is 11.1 Å². The highest BCUT2D eigenvalue weighted by Crippen LogP contribution is 2.29. The molecule has 0 spiro atoms. The van der Waals surface area contributed by atoms with Crippen molar-refractivity contribution in [3.8, 4) is 11.1 Å². The molecule has 3 rings (SSSR count). The molecule has 0 bridgehead atoms. The topological polar surface area (TPSA) is 47.3 Å². The van der Waals surface area contributed by atoms with Crippen LogP contribution in [0, 0.1) is 0 Å². The minimum Gasteiger partial charge on any atom is -0.398 e. The molecular weight excluding hydrogens is 236 g/mol. The van der Waals surface area contributed by atoms with Crippen molar-refractivity contribution in [3.63, 3.8) is 0 Å². The third-order valence-electron chi connectivity index (χ3n) is 3.47. The molecule has 1 saturated heterocycles. The van der Waals surface area contributed by atoms with Crippen LogP contribution in [0.5, 0.6) is 0 Å². The summed E-state index contributed by atoms with van der Waals surface area (Å²) in [7, 11) is 0. The first-order valence-corrected chi connectivity index (χ1v) is 6.62. The first-order chi connectivity index (χ1) is 9.34. The third-order valence-corrected chi connectivity index (χ3v) is 3.47. The van der Waals surface area contributed by atoms with E-state index in [1.165, 1.54) is 5.56 Å². The predicted octanol–water partition coefficient (Wildman–Crippen LogP) is 2.60. The van der Waals surface area contributed by atoms with Gasteiger partial charge in [0.1, 0.15) is 0 Å². The first kappa shape index (κ1) is 12.2. The van der Waals surface area contributed by atoms with Crippen molar-refractivity contribution in [2.45, 2.75) is 6.10 Å². The van der Waals surface area contributed by atoms with Crippen LogP contribution in [0.15, 0.2) is 48.5 Å². The van der Waals surface area contributed by atoms with Crippen molar-refractivity contribution in [1.29, 1.82) is 0 Å². The zero-order chi connectivity index (χ0) is 13.1. The van der Waals surface area contributed by atoms with Gasteiger partial charge in [0, 0.05) is 24.3 Å². The zero-order valence-electron chi connectivity index (χ0n) is 10.8. The molecular formula is C16H18N2O. The van der Waals surface area contributed by atoms with Crippen LogP contribution in [-0.2, 0) is 4.74 Å². The van der Waals surface area contributed by atoms with Gasteiger partial charge in [-0.1, -0.05) is 42.5 Å². The molecule has 0 aromatic heterocycles. The van der Waals surface area contributed by atoms with E-state index in [-0.39, 0.29) is 6.10 Å². The number of morpholine rings is 1. The maximum atomic E-state index is 6.18. The molecule has 3 N–H and O–H groups in total. The average molecular weight is 254 g/mol. The summed E-state index contributed by atoms with van der Waals surface area (Å²) in [5, 5.41) is 3.33. The van der Waals surface area contributed by atoms with Crippen molar-refractivity contribution in [1.82, 2.24) is 5.32 Å². The molecule has 1 fully saturated rings. The van der Waals surface area contributed by atoms with Crippen LogP contribution in [0.25, 0.3) is 11.1 Å². The molecule has 98 valence electrons. The summed E-state index contributed by atoms with van der Waals surface area (Å²) in [5.74, 6) is 0. The zero-order valence-corrected chi connectivity index (χ0v) is 10.8. The largest absolute Gasteiger partial charge is 0.398 e. The summed E-state index contributed by atoms with van der Waals surface area (Å²) in [6.07, 6.45) is 0.0681. The number of nitrogen functional groups attached to an aromatic ring is 1. The highest BCUT2D eigenvalue weighted by Gasteiger charge is 2.18. The van der Waals surface area contributed by atoms with E-state index in [9.17, 15) is 0 Å². The molecule has 0 radical (unpaired) electrons. The van der Waals surface area contributed by atoms with Crippen molar-refractivity contribution in [2.24, 2.45) is 0 Å². The van der Waals surface area contributed by atoms with Gasteiger partial charge in [-0.05, 0) is 17.2 Å². The summed E-state index contributed by atoms with van der Waals surface area (Å²) in [6.45, 7) is 2.48. The lowest BCUT2D eigenvalue weighted by Gasteiger charge is -2.25. The molecule has 2 aromatic rings. The standard InChI is InChI=1S/C16H18N2O/c17-15-10-13(12-4-2-1-3-5-12)6-7-14(15)16-11-18-8-9-19-16/h1-7,10,16,18H,8-9,11,17H2. The lowest BCUT2D eigenvalue weighted by atomic mass is 9.99. The van der Waals surface area contributed by atoms with E-state index in [0.29, 0.717) is 0 Å². The average Bonchev–Trinajstić information content (AvgIpc) is 2.49. The fraction of sp³-hybridized carbons (Fsp3) is 0.250. The van der Waals surface area contributed by atoms with Gasteiger partial charge in [0.05, 0.1) is 12.7 Å². The number of hydrogen-bond acceptors (Lipinski definition) is 3. The number of ether oxygens (including phenoxy) is 1. The van der Waals surface area contributed by atoms with E-state index in [2.05, 4.69) is 29.6 Å². The summed E-state index contributed by atoms with van der Waals surface area (Å²) in [4.78, 5) is 0. The molecule has 2 aromatic carbocycles. The van der Waals surface area contributed by atoms with Crippen molar-refractivity contribution in [2.75, 3.05) is 25.4 Å². The Kier molecular flexibility index (Phi) is 3.49. The fourth-order valence-corrected chi connectivity index (χ4v) is 2.44. The second kappa shape index (κ2) is 5.43. The van der Waals surface area contributed by atoms with Crippen LogP contribution >= 0.6 is 0 Å². The van der Waals surface area contributed by atoms with Gasteiger partial charge >= 0.3 is 0 Å². The lowest BCUT2D eigenvalue weighted by Crippen LogP contribution is -2.33. The van der Waals surface area contributed by atoms with E-state index < -0.39 is 0 Å². The van der Waals surface area contributed by atoms with Gasteiger partial charge in [-0.25, -0.2) is 0 Å². The molecule has 0 aliphatic carbocycles. The minimum absolute atomic E-state index is 0.0681. The molecule has 1 unspecified atom stereocenters. The lowest BCUT2D eigenvalue weighted by molar-refractivity contribution is 0.0281. The number of nitrogens with two attached hydrogens (primary N) is 1. The van der Waals surface area contributed by atoms with Gasteiger partial charge in [0.25, 0.3) is 0 Å². The van der Waals surface area contributed by atoms with Crippen LogP contribution in [0.4, 0.5) is 5.69 Å². The summed E-state index contributed by atoms with van der Waals surface area (Å²) < 4.78 is 5.75. The second-order valence-corrected chi connectivity index (χ2v) is 4.77. The molecule has 0 amide bonds. The summed E-state index contributed by atoms with van der Waals surface area (Å²) in [5.41, 5.74) is 10.4. The van der Waals surface area contributed by atoms with Crippen LogP contribution in [0.3, 0.4) is 0 Å². The smallest absolute Gasteiger partial charge is 0.0969 e. The summed E-state index contributed by atoms with van der Waals surface area (Å²) in [6, 6.07) is 16.5. The minimum atomic E-state index is 0.0681. The molecule has 0 saturated carbocycles. The Hall–Kier alpha value is -1.84. The van der Waals surface area contributed by atoms with E-state index >= 15 is 0 Å². The highest BCUT2D eigenvalue weighted by molar-refractivity contribution is 5.69. The second-order valence-electron chi connectivity index (χ2n) is 4.77. The Morgan fingerprint density at radius 1 is 1.05 bits per heavy atom. The Labute approximate surface area is 113 Å². The summed E-state index contributed by atoms with van der Waals surface area (Å²) >= 11 is 0. The maximum absolute atomic E-state index is 6.18. The first-order valence-electron chi connectivity index (χ1n) is 6.62. The van der Waals surface area contributed by atoms with Crippen LogP contribution in [-0.4, -0.2) is 19.7 Å². The molecule has 1 aliphatic rings.